The van der Waals surface area contributed by atoms with Crippen LogP contribution in [0.3, 0.4) is 0 Å². The Morgan fingerprint density at radius 2 is 1.75 bits per heavy atom. The molecule has 0 radical (unpaired) electrons. The minimum absolute atomic E-state index is 0.157. The van der Waals surface area contributed by atoms with Gasteiger partial charge in [0.25, 0.3) is 0 Å². The van der Waals surface area contributed by atoms with Crippen molar-refractivity contribution >= 4 is 17.5 Å². The summed E-state index contributed by atoms with van der Waals surface area (Å²) >= 11 is 6.74. The number of nitrogens with one attached hydrogen (secondary N) is 1. The molecule has 0 aliphatic heterocycles. The molecule has 2 aliphatic rings. The van der Waals surface area contributed by atoms with Crippen molar-refractivity contribution in [3.63, 3.8) is 0 Å². The number of amides is 1. The predicted molar refractivity (Wildman–Crippen MR) is 201 cm³/mol. The fourth-order valence-corrected chi connectivity index (χ4v) is 6.74. The van der Waals surface area contributed by atoms with Crippen molar-refractivity contribution in [1.29, 1.82) is 0 Å². The van der Waals surface area contributed by atoms with Crippen LogP contribution in [0.5, 0.6) is 5.75 Å². The van der Waals surface area contributed by atoms with E-state index in [-0.39, 0.29) is 30.3 Å². The molecule has 284 valence electrons. The van der Waals surface area contributed by atoms with Gasteiger partial charge in [0.2, 0.25) is 5.91 Å². The van der Waals surface area contributed by atoms with Crippen LogP contribution in [0.15, 0.2) is 60.9 Å². The molecule has 5 unspecified atom stereocenters. The molecule has 11 nitrogen and oxygen atoms in total. The molecular formula is C40H55ClN4O7. The number of carbonyl (C=O) groups is 1. The lowest BCUT2D eigenvalue weighted by molar-refractivity contribution is -0.140. The summed E-state index contributed by atoms with van der Waals surface area (Å²) in [7, 11) is 3.75. The maximum Gasteiger partial charge on any atom is 0.222 e. The summed E-state index contributed by atoms with van der Waals surface area (Å²) < 4.78 is 6.27. The van der Waals surface area contributed by atoms with Crippen LogP contribution in [0.1, 0.15) is 74.5 Å². The highest BCUT2D eigenvalue weighted by Gasteiger charge is 2.46. The maximum atomic E-state index is 13.3. The highest BCUT2D eigenvalue weighted by atomic mass is 35.5. The van der Waals surface area contributed by atoms with Crippen LogP contribution in [0.2, 0.25) is 5.02 Å². The van der Waals surface area contributed by atoms with E-state index in [1.807, 2.05) is 61.7 Å². The lowest BCUT2D eigenvalue weighted by atomic mass is 9.93. The second kappa shape index (κ2) is 18.3. The normalized spacial score (nSPS) is 18.0. The molecule has 0 spiro atoms. The van der Waals surface area contributed by atoms with Crippen LogP contribution in [0.25, 0.3) is 11.1 Å². The summed E-state index contributed by atoms with van der Waals surface area (Å²) in [5.74, 6) is 0.890. The fourth-order valence-electron chi connectivity index (χ4n) is 6.56. The van der Waals surface area contributed by atoms with E-state index in [2.05, 4.69) is 35.4 Å². The third-order valence-corrected chi connectivity index (χ3v) is 10.6. The molecule has 6 N–H and O–H groups in total. The van der Waals surface area contributed by atoms with Crippen molar-refractivity contribution in [2.24, 2.45) is 0 Å². The number of hydrogen-bond donors (Lipinski definition) is 6. The highest BCUT2D eigenvalue weighted by molar-refractivity contribution is 6.31. The van der Waals surface area contributed by atoms with E-state index in [9.17, 15) is 25.2 Å². The lowest BCUT2D eigenvalue weighted by Crippen LogP contribution is -2.51. The molecule has 5 atom stereocenters. The second-order valence-electron chi connectivity index (χ2n) is 14.8. The van der Waals surface area contributed by atoms with Gasteiger partial charge in [-0.05, 0) is 99.0 Å². The van der Waals surface area contributed by atoms with E-state index in [1.54, 1.807) is 0 Å². The van der Waals surface area contributed by atoms with Gasteiger partial charge in [-0.1, -0.05) is 48.9 Å². The summed E-state index contributed by atoms with van der Waals surface area (Å²) in [6.07, 6.45) is 3.31. The maximum absolute atomic E-state index is 13.3. The molecule has 2 fully saturated rings. The van der Waals surface area contributed by atoms with Crippen molar-refractivity contribution in [2.75, 3.05) is 40.3 Å². The van der Waals surface area contributed by atoms with Gasteiger partial charge in [0.05, 0.1) is 12.7 Å². The number of nitrogens with zero attached hydrogens (tertiary/aromatic N) is 3. The van der Waals surface area contributed by atoms with Gasteiger partial charge in [-0.3, -0.25) is 9.78 Å². The van der Waals surface area contributed by atoms with Crippen molar-refractivity contribution in [1.82, 2.24) is 20.1 Å². The SMILES string of the molecule is CC(CCCC(=O)N(CCN(C)C)CC(O)C(O)C(O)C(O)CO)c1ccc(Cl)c(CNC2(c3cnccc3-c3ccccc3OC3CC3)CC2)c1. The highest BCUT2D eigenvalue weighted by Crippen LogP contribution is 2.50. The standard InChI is InChI=1S/C40H55ClN4O7/c1-26(7-6-10-37(49)45(20-19-44(2)3)24-34(47)38(50)39(51)35(48)25-46)27-11-14-33(41)28(21-27)22-43-40(16-17-40)32-23-42-18-15-30(32)31-8-4-5-9-36(31)52-29-12-13-29/h4-5,8-9,11,14-15,18,21,23,26,29,34-35,38-39,43,46-48,50-51H,6-7,10,12-13,16-17,19-20,22,24-25H2,1-3H3. The molecule has 2 saturated carbocycles. The summed E-state index contributed by atoms with van der Waals surface area (Å²) in [6, 6.07) is 16.4. The molecule has 0 bridgehead atoms. The third-order valence-electron chi connectivity index (χ3n) is 10.3. The number of rotatable bonds is 21. The zero-order valence-corrected chi connectivity index (χ0v) is 31.3. The minimum Gasteiger partial charge on any atom is -0.490 e. The number of aliphatic hydroxyl groups excluding tert-OH is 5. The largest absolute Gasteiger partial charge is 0.490 e. The van der Waals surface area contributed by atoms with Crippen molar-refractivity contribution in [3.05, 3.63) is 82.6 Å². The van der Waals surface area contributed by atoms with Crippen LogP contribution in [-0.4, -0.2) is 117 Å². The van der Waals surface area contributed by atoms with Gasteiger partial charge in [0.15, 0.2) is 0 Å². The molecule has 1 amide bonds. The zero-order chi connectivity index (χ0) is 37.4. The Hall–Kier alpha value is -3.13. The van der Waals surface area contributed by atoms with Gasteiger partial charge in [-0.15, -0.1) is 0 Å². The first-order chi connectivity index (χ1) is 24.9. The van der Waals surface area contributed by atoms with E-state index in [1.165, 1.54) is 4.90 Å². The van der Waals surface area contributed by atoms with Crippen LogP contribution in [0, 0.1) is 0 Å². The number of hydrogen-bond acceptors (Lipinski definition) is 10. The number of para-hydroxylation sites is 1. The van der Waals surface area contributed by atoms with E-state index < -0.39 is 31.0 Å². The summed E-state index contributed by atoms with van der Waals surface area (Å²) in [5.41, 5.74) is 5.30. The van der Waals surface area contributed by atoms with E-state index in [0.29, 0.717) is 37.2 Å². The Morgan fingerprint density at radius 3 is 2.44 bits per heavy atom. The van der Waals surface area contributed by atoms with Crippen LogP contribution in [0.4, 0.5) is 0 Å². The van der Waals surface area contributed by atoms with E-state index in [4.69, 9.17) is 21.4 Å². The number of likely N-dealkylation sites (N-methyl/N-ethyl adjacent to an activating group) is 1. The van der Waals surface area contributed by atoms with Crippen LogP contribution in [-0.2, 0) is 16.9 Å². The first-order valence-electron chi connectivity index (χ1n) is 18.4. The predicted octanol–water partition coefficient (Wildman–Crippen LogP) is 3.82. The Labute approximate surface area is 312 Å². The number of ether oxygens (including phenoxy) is 1. The number of halogens is 1. The molecule has 2 aromatic carbocycles. The zero-order valence-electron chi connectivity index (χ0n) is 30.5. The van der Waals surface area contributed by atoms with Gasteiger partial charge in [0.1, 0.15) is 30.2 Å². The molecule has 1 heterocycles. The first kappa shape index (κ1) is 40.1. The van der Waals surface area contributed by atoms with E-state index >= 15 is 0 Å². The van der Waals surface area contributed by atoms with Gasteiger partial charge < -0.3 is 45.4 Å². The topological polar surface area (TPSA) is 159 Å². The van der Waals surface area contributed by atoms with E-state index in [0.717, 1.165) is 65.7 Å². The second-order valence-corrected chi connectivity index (χ2v) is 15.2. The fraction of sp³-hybridized carbons (Fsp3) is 0.550. The molecule has 5 rings (SSSR count). The Bertz CT molecular complexity index is 1620. The smallest absolute Gasteiger partial charge is 0.222 e. The molecule has 2 aliphatic carbocycles. The quantitative estimate of drug-likeness (QED) is 0.0950. The average Bonchev–Trinajstić information content (AvgIpc) is 4.09. The van der Waals surface area contributed by atoms with Crippen molar-refractivity contribution < 1.29 is 35.1 Å². The molecule has 3 aromatic rings. The first-order valence-corrected chi connectivity index (χ1v) is 18.8. The third kappa shape index (κ3) is 10.5. The molecular weight excluding hydrogens is 684 g/mol. The van der Waals surface area contributed by atoms with Gasteiger partial charge >= 0.3 is 0 Å². The molecule has 0 saturated heterocycles. The summed E-state index contributed by atoms with van der Waals surface area (Å²) in [4.78, 5) is 21.2. The van der Waals surface area contributed by atoms with Crippen LogP contribution >= 0.6 is 11.6 Å². The van der Waals surface area contributed by atoms with Gasteiger partial charge in [-0.25, -0.2) is 0 Å². The number of benzene rings is 2. The van der Waals surface area contributed by atoms with Crippen molar-refractivity contribution in [3.8, 4) is 16.9 Å². The Morgan fingerprint density at radius 1 is 1.02 bits per heavy atom. The monoisotopic (exact) mass is 738 g/mol. The molecule has 12 heteroatoms. The number of aliphatic hydroxyl groups is 5. The molecule has 52 heavy (non-hydrogen) atoms. The van der Waals surface area contributed by atoms with Crippen molar-refractivity contribution in [2.45, 2.75) is 100 Å². The Kier molecular flexibility index (Phi) is 14.1. The molecule has 1 aromatic heterocycles. The van der Waals surface area contributed by atoms with Gasteiger partial charge in [0, 0.05) is 61.1 Å². The average molecular weight is 739 g/mol. The Balaban J connectivity index is 1.19. The summed E-state index contributed by atoms with van der Waals surface area (Å²) in [6.45, 7) is 2.60. The minimum atomic E-state index is -1.75. The number of carbonyl (C=O) groups excluding carboxylic acids is 1. The van der Waals surface area contributed by atoms with Crippen LogP contribution < -0.4 is 10.1 Å². The number of pyridine rings is 1. The number of aromatic nitrogens is 1. The van der Waals surface area contributed by atoms with Gasteiger partial charge in [-0.2, -0.15) is 0 Å². The summed E-state index contributed by atoms with van der Waals surface area (Å²) in [5, 5.41) is 54.2. The lowest BCUT2D eigenvalue weighted by Gasteiger charge is -2.31.